The minimum Gasteiger partial charge on any atom is -0.355 e. The number of carbonyl (C=O) groups excluding carboxylic acids is 1. The van der Waals surface area contributed by atoms with Crippen molar-refractivity contribution in [3.05, 3.63) is 40.4 Å². The van der Waals surface area contributed by atoms with Crippen molar-refractivity contribution in [2.24, 2.45) is 0 Å². The van der Waals surface area contributed by atoms with Gasteiger partial charge in [0.15, 0.2) is 0 Å². The van der Waals surface area contributed by atoms with E-state index < -0.39 is 0 Å². The van der Waals surface area contributed by atoms with E-state index >= 15 is 0 Å². The van der Waals surface area contributed by atoms with E-state index in [4.69, 9.17) is 0 Å². The van der Waals surface area contributed by atoms with E-state index in [1.54, 1.807) is 14.1 Å². The molecule has 0 bridgehead atoms. The smallest absolute Gasteiger partial charge is 0.291 e. The third kappa shape index (κ3) is 4.27. The van der Waals surface area contributed by atoms with Gasteiger partial charge in [-0.1, -0.05) is 0 Å². The average molecular weight is 384 g/mol. The number of nitrogens with one attached hydrogen (secondary N) is 1. The van der Waals surface area contributed by atoms with Crippen LogP contribution in [0.25, 0.3) is 0 Å². The largest absolute Gasteiger partial charge is 0.355 e. The first kappa shape index (κ1) is 20.1. The fraction of sp³-hybridized carbons (Fsp3) is 0.550. The highest BCUT2D eigenvalue weighted by Crippen LogP contribution is 2.24. The lowest BCUT2D eigenvalue weighted by Crippen LogP contribution is -2.33. The number of anilines is 1. The highest BCUT2D eigenvalue weighted by atomic mass is 16.2. The van der Waals surface area contributed by atoms with Crippen molar-refractivity contribution in [1.29, 1.82) is 0 Å². The molecule has 8 heteroatoms. The van der Waals surface area contributed by atoms with Gasteiger partial charge in [-0.15, -0.1) is 0 Å². The van der Waals surface area contributed by atoms with Gasteiger partial charge >= 0.3 is 0 Å². The summed E-state index contributed by atoms with van der Waals surface area (Å²) in [6.45, 7) is 10.4. The molecule has 3 rings (SSSR count). The van der Waals surface area contributed by atoms with Gasteiger partial charge in [0, 0.05) is 68.5 Å². The van der Waals surface area contributed by atoms with Crippen LogP contribution in [0.1, 0.15) is 45.4 Å². The van der Waals surface area contributed by atoms with Gasteiger partial charge in [-0.05, 0) is 34.1 Å². The Balaban J connectivity index is 1.70. The molecule has 0 saturated carbocycles. The van der Waals surface area contributed by atoms with Crippen LogP contribution in [0.3, 0.4) is 0 Å². The number of amides is 1. The molecule has 3 heterocycles. The van der Waals surface area contributed by atoms with E-state index in [0.29, 0.717) is 6.04 Å². The molecule has 2 aromatic rings. The standard InChI is InChI=1S/C20H29N7O/c1-12-13(2)24-18(20(28)26(5)6)25-19(12)27-8-7-17(11-27)22-10-16-9-21-15(4)23-14(16)3/h9,17,22H,7-8,10-11H2,1-6H3/t17-/m1/s1. The van der Waals surface area contributed by atoms with Crippen LogP contribution in [0.15, 0.2) is 6.20 Å². The summed E-state index contributed by atoms with van der Waals surface area (Å²) in [7, 11) is 3.43. The van der Waals surface area contributed by atoms with Crippen molar-refractivity contribution in [3.63, 3.8) is 0 Å². The summed E-state index contributed by atoms with van der Waals surface area (Å²) in [4.78, 5) is 33.8. The summed E-state index contributed by atoms with van der Waals surface area (Å²) in [6.07, 6.45) is 2.92. The molecule has 1 aliphatic rings. The molecule has 1 atom stereocenters. The monoisotopic (exact) mass is 383 g/mol. The van der Waals surface area contributed by atoms with E-state index in [9.17, 15) is 4.79 Å². The predicted molar refractivity (Wildman–Crippen MR) is 108 cm³/mol. The van der Waals surface area contributed by atoms with Gasteiger partial charge in [-0.3, -0.25) is 4.79 Å². The Hall–Kier alpha value is -2.61. The molecule has 0 aromatic carbocycles. The lowest BCUT2D eigenvalue weighted by atomic mass is 10.2. The van der Waals surface area contributed by atoms with Gasteiger partial charge in [-0.25, -0.2) is 19.9 Å². The van der Waals surface area contributed by atoms with Crippen LogP contribution >= 0.6 is 0 Å². The van der Waals surface area contributed by atoms with Gasteiger partial charge in [0.05, 0.1) is 0 Å². The molecule has 0 aliphatic carbocycles. The first-order chi connectivity index (χ1) is 13.3. The summed E-state index contributed by atoms with van der Waals surface area (Å²) < 4.78 is 0. The van der Waals surface area contributed by atoms with Crippen LogP contribution in [0, 0.1) is 27.7 Å². The van der Waals surface area contributed by atoms with Crippen molar-refractivity contribution in [3.8, 4) is 0 Å². The summed E-state index contributed by atoms with van der Waals surface area (Å²) in [6, 6.07) is 0.350. The molecule has 1 amide bonds. The molecular formula is C20H29N7O. The number of hydrogen-bond donors (Lipinski definition) is 1. The van der Waals surface area contributed by atoms with Gasteiger partial charge in [-0.2, -0.15) is 0 Å². The van der Waals surface area contributed by atoms with Crippen molar-refractivity contribution in [2.45, 2.75) is 46.7 Å². The number of aromatic nitrogens is 4. The summed E-state index contributed by atoms with van der Waals surface area (Å²) in [5, 5.41) is 3.61. The van der Waals surface area contributed by atoms with E-state index in [2.05, 4.69) is 30.2 Å². The normalized spacial score (nSPS) is 16.5. The van der Waals surface area contributed by atoms with Crippen molar-refractivity contribution in [2.75, 3.05) is 32.1 Å². The molecule has 2 aromatic heterocycles. The van der Waals surface area contributed by atoms with Crippen molar-refractivity contribution in [1.82, 2.24) is 30.2 Å². The van der Waals surface area contributed by atoms with Gasteiger partial charge in [0.1, 0.15) is 11.6 Å². The van der Waals surface area contributed by atoms with E-state index in [1.165, 1.54) is 4.90 Å². The van der Waals surface area contributed by atoms with Gasteiger partial charge in [0.2, 0.25) is 5.82 Å². The first-order valence-electron chi connectivity index (χ1n) is 9.60. The molecule has 0 radical (unpaired) electrons. The maximum atomic E-state index is 12.3. The molecule has 150 valence electrons. The number of rotatable bonds is 5. The summed E-state index contributed by atoms with van der Waals surface area (Å²) in [5.74, 6) is 1.74. The Labute approximate surface area is 166 Å². The maximum absolute atomic E-state index is 12.3. The Bertz CT molecular complexity index is 881. The van der Waals surface area contributed by atoms with Crippen LogP contribution in [0.2, 0.25) is 0 Å². The molecule has 28 heavy (non-hydrogen) atoms. The molecule has 1 N–H and O–H groups in total. The van der Waals surface area contributed by atoms with Crippen LogP contribution < -0.4 is 10.2 Å². The molecule has 0 spiro atoms. The van der Waals surface area contributed by atoms with Crippen LogP contribution in [-0.4, -0.2) is 64.0 Å². The Morgan fingerprint density at radius 3 is 2.61 bits per heavy atom. The SMILES string of the molecule is Cc1ncc(CN[C@@H]2CCN(c3nc(C(=O)N(C)C)nc(C)c3C)C2)c(C)n1. The van der Waals surface area contributed by atoms with Crippen LogP contribution in [-0.2, 0) is 6.54 Å². The zero-order chi connectivity index (χ0) is 20.4. The third-order valence-corrected chi connectivity index (χ3v) is 5.23. The maximum Gasteiger partial charge on any atom is 0.291 e. The fourth-order valence-electron chi connectivity index (χ4n) is 3.37. The second-order valence-electron chi connectivity index (χ2n) is 7.62. The lowest BCUT2D eigenvalue weighted by molar-refractivity contribution is 0.0815. The van der Waals surface area contributed by atoms with Gasteiger partial charge < -0.3 is 15.1 Å². The van der Waals surface area contributed by atoms with Gasteiger partial charge in [0.25, 0.3) is 5.91 Å². The van der Waals surface area contributed by atoms with E-state index in [1.807, 2.05) is 33.9 Å². The van der Waals surface area contributed by atoms with Crippen LogP contribution in [0.4, 0.5) is 5.82 Å². The molecule has 1 aliphatic heterocycles. The molecular weight excluding hydrogens is 354 g/mol. The zero-order valence-electron chi connectivity index (χ0n) is 17.6. The minimum absolute atomic E-state index is 0.173. The van der Waals surface area contributed by atoms with Crippen LogP contribution in [0.5, 0.6) is 0 Å². The van der Waals surface area contributed by atoms with Crippen molar-refractivity contribution < 1.29 is 4.79 Å². The Morgan fingerprint density at radius 1 is 1.18 bits per heavy atom. The van der Waals surface area contributed by atoms with E-state index in [-0.39, 0.29) is 11.7 Å². The number of nitrogens with zero attached hydrogens (tertiary/aromatic N) is 6. The Morgan fingerprint density at radius 2 is 1.93 bits per heavy atom. The third-order valence-electron chi connectivity index (χ3n) is 5.23. The molecule has 1 fully saturated rings. The minimum atomic E-state index is -0.173. The molecule has 8 nitrogen and oxygen atoms in total. The molecule has 1 saturated heterocycles. The fourth-order valence-corrected chi connectivity index (χ4v) is 3.37. The average Bonchev–Trinajstić information content (AvgIpc) is 3.11. The second kappa shape index (κ2) is 8.18. The van der Waals surface area contributed by atoms with E-state index in [0.717, 1.165) is 60.2 Å². The number of carbonyl (C=O) groups is 1. The highest BCUT2D eigenvalue weighted by Gasteiger charge is 2.26. The zero-order valence-corrected chi connectivity index (χ0v) is 17.6. The number of aryl methyl sites for hydroxylation is 3. The first-order valence-corrected chi connectivity index (χ1v) is 9.60. The number of hydrogen-bond acceptors (Lipinski definition) is 7. The lowest BCUT2D eigenvalue weighted by Gasteiger charge is -2.22. The summed E-state index contributed by atoms with van der Waals surface area (Å²) in [5.41, 5.74) is 4.01. The van der Waals surface area contributed by atoms with Crippen molar-refractivity contribution >= 4 is 11.7 Å². The topological polar surface area (TPSA) is 87.1 Å². The highest BCUT2D eigenvalue weighted by molar-refractivity contribution is 5.90. The predicted octanol–water partition coefficient (Wildman–Crippen LogP) is 1.57. The molecule has 0 unspecified atom stereocenters. The summed E-state index contributed by atoms with van der Waals surface area (Å²) >= 11 is 0. The second-order valence-corrected chi connectivity index (χ2v) is 7.62. The quantitative estimate of drug-likeness (QED) is 0.838. The Kier molecular flexibility index (Phi) is 5.88.